The van der Waals surface area contributed by atoms with E-state index in [9.17, 15) is 43.2 Å². The quantitative estimate of drug-likeness (QED) is 0.0222. The summed E-state index contributed by atoms with van der Waals surface area (Å²) in [7, 11) is -9.91. The smallest absolute Gasteiger partial charge is 0.462 e. The molecule has 0 aromatic rings. The van der Waals surface area contributed by atoms with E-state index in [1.54, 1.807) is 0 Å². The van der Waals surface area contributed by atoms with E-state index < -0.39 is 97.5 Å². The second-order valence-electron chi connectivity index (χ2n) is 27.8. The summed E-state index contributed by atoms with van der Waals surface area (Å²) in [6, 6.07) is 0. The second kappa shape index (κ2) is 66.9. The fourth-order valence-corrected chi connectivity index (χ4v) is 13.0. The normalized spacial score (nSPS) is 14.3. The third kappa shape index (κ3) is 67.3. The Bertz CT molecular complexity index is 1820. The first kappa shape index (κ1) is 92.1. The molecule has 0 spiro atoms. The maximum Gasteiger partial charge on any atom is 0.472 e. The summed E-state index contributed by atoms with van der Waals surface area (Å²) in [6.45, 7) is 9.59. The Morgan fingerprint density at radius 2 is 0.543 bits per heavy atom. The van der Waals surface area contributed by atoms with Gasteiger partial charge in [-0.3, -0.25) is 37.3 Å². The summed E-state index contributed by atoms with van der Waals surface area (Å²) in [5.74, 6) is -0.566. The van der Waals surface area contributed by atoms with Crippen LogP contribution in [0.5, 0.6) is 0 Å². The van der Waals surface area contributed by atoms with Gasteiger partial charge in [-0.2, -0.15) is 0 Å². The number of hydrogen-bond acceptors (Lipinski definition) is 15. The number of carbonyl (C=O) groups excluding carboxylic acids is 4. The fraction of sp³-hybridized carbons (Fsp3) is 0.947. The highest BCUT2D eigenvalue weighted by Gasteiger charge is 2.30. The van der Waals surface area contributed by atoms with Crippen LogP contribution in [-0.4, -0.2) is 96.7 Å². The number of unbranched alkanes of at least 4 members (excludes halogenated alkanes) is 43. The van der Waals surface area contributed by atoms with Crippen LogP contribution >= 0.6 is 15.6 Å². The Morgan fingerprint density at radius 1 is 0.309 bits per heavy atom. The molecular weight excluding hydrogens is 1230 g/mol. The van der Waals surface area contributed by atoms with Crippen molar-refractivity contribution in [1.82, 2.24) is 0 Å². The lowest BCUT2D eigenvalue weighted by Crippen LogP contribution is -2.30. The summed E-state index contributed by atoms with van der Waals surface area (Å²) in [5.41, 5.74) is 0. The van der Waals surface area contributed by atoms with Gasteiger partial charge in [0.2, 0.25) is 0 Å². The van der Waals surface area contributed by atoms with E-state index in [4.69, 9.17) is 37.0 Å². The lowest BCUT2D eigenvalue weighted by molar-refractivity contribution is -0.161. The molecule has 19 heteroatoms. The number of hydrogen-bond donors (Lipinski definition) is 3. The fourth-order valence-electron chi connectivity index (χ4n) is 11.4. The SMILES string of the molecule is CCCCCCCCCCCCCCCCCCCC(=O)O[C@H](COC(=O)CCCCCCCCCCCCCCC(C)C)COP(=O)(O)OC[C@@H](O)COP(=O)(O)OC[C@@H](COC(=O)CCCCCCCCCCCC)OC(=O)CCCCCCCCCCC(C)CC. The van der Waals surface area contributed by atoms with Gasteiger partial charge in [0.1, 0.15) is 19.3 Å². The summed E-state index contributed by atoms with van der Waals surface area (Å²) in [5, 5.41) is 10.6. The highest BCUT2D eigenvalue weighted by atomic mass is 31.2. The molecule has 0 bridgehead atoms. The van der Waals surface area contributed by atoms with E-state index in [1.807, 2.05) is 0 Å². The number of phosphoric ester groups is 2. The summed E-state index contributed by atoms with van der Waals surface area (Å²) in [4.78, 5) is 72.8. The van der Waals surface area contributed by atoms with E-state index in [2.05, 4.69) is 41.5 Å². The van der Waals surface area contributed by atoms with Gasteiger partial charge in [-0.05, 0) is 37.5 Å². The maximum absolute atomic E-state index is 13.1. The van der Waals surface area contributed by atoms with Crippen LogP contribution in [0.15, 0.2) is 0 Å². The number of esters is 4. The standard InChI is InChI=1S/C75H146O17P2/c1-7-10-12-14-16-18-20-21-22-23-24-25-30-34-41-47-53-59-74(79)91-70(63-86-73(78)58-52-46-40-33-29-27-26-28-31-37-43-49-55-67(4)5)65-89-93(81,82)87-61-69(76)62-88-94(83,84)90-66-71(64-85-72(77)57-51-45-39-32-19-17-15-13-11-8-2)92-75(80)60-54-48-42-36-35-38-44-50-56-68(6)9-3/h67-71,76H,7-66H2,1-6H3,(H,81,82)(H,83,84)/t68?,69-,70-,71-/m1/s1. The minimum absolute atomic E-state index is 0.105. The highest BCUT2D eigenvalue weighted by molar-refractivity contribution is 7.47. The molecule has 17 nitrogen and oxygen atoms in total. The molecule has 0 amide bonds. The number of carbonyl (C=O) groups is 4. The molecule has 94 heavy (non-hydrogen) atoms. The van der Waals surface area contributed by atoms with Crippen LogP contribution in [-0.2, 0) is 65.4 Å². The monoisotopic (exact) mass is 1380 g/mol. The minimum Gasteiger partial charge on any atom is -0.462 e. The van der Waals surface area contributed by atoms with E-state index in [0.29, 0.717) is 25.7 Å². The summed E-state index contributed by atoms with van der Waals surface area (Å²) >= 11 is 0. The van der Waals surface area contributed by atoms with Crippen molar-refractivity contribution >= 4 is 39.5 Å². The van der Waals surface area contributed by atoms with Gasteiger partial charge in [0, 0.05) is 25.7 Å². The minimum atomic E-state index is -4.96. The first-order chi connectivity index (χ1) is 45.4. The predicted octanol–water partition coefficient (Wildman–Crippen LogP) is 21.9. The zero-order valence-electron chi connectivity index (χ0n) is 61.3. The van der Waals surface area contributed by atoms with Crippen molar-refractivity contribution in [3.63, 3.8) is 0 Å². The topological polar surface area (TPSA) is 237 Å². The van der Waals surface area contributed by atoms with Crippen molar-refractivity contribution in [1.29, 1.82) is 0 Å². The van der Waals surface area contributed by atoms with Crippen molar-refractivity contribution < 1.29 is 80.2 Å². The Hall–Kier alpha value is -1.94. The second-order valence-corrected chi connectivity index (χ2v) is 30.7. The van der Waals surface area contributed by atoms with Crippen LogP contribution in [0, 0.1) is 11.8 Å². The van der Waals surface area contributed by atoms with Crippen LogP contribution in [0.2, 0.25) is 0 Å². The molecule has 558 valence electrons. The predicted molar refractivity (Wildman–Crippen MR) is 381 cm³/mol. The number of aliphatic hydroxyl groups excluding tert-OH is 1. The lowest BCUT2D eigenvalue weighted by Gasteiger charge is -2.21. The molecule has 0 aliphatic rings. The molecule has 0 aromatic carbocycles. The van der Waals surface area contributed by atoms with Crippen molar-refractivity contribution in [3.8, 4) is 0 Å². The largest absolute Gasteiger partial charge is 0.472 e. The van der Waals surface area contributed by atoms with Crippen LogP contribution in [0.1, 0.15) is 388 Å². The average molecular weight is 1380 g/mol. The van der Waals surface area contributed by atoms with E-state index >= 15 is 0 Å². The van der Waals surface area contributed by atoms with E-state index in [1.165, 1.54) is 205 Å². The van der Waals surface area contributed by atoms with Gasteiger partial charge < -0.3 is 33.8 Å². The molecule has 0 fully saturated rings. The Balaban J connectivity index is 5.25. The molecule has 0 aliphatic carbocycles. The molecule has 0 saturated heterocycles. The van der Waals surface area contributed by atoms with Crippen LogP contribution < -0.4 is 0 Å². The zero-order valence-corrected chi connectivity index (χ0v) is 63.1. The zero-order chi connectivity index (χ0) is 69.3. The number of ether oxygens (including phenoxy) is 4. The highest BCUT2D eigenvalue weighted by Crippen LogP contribution is 2.45. The lowest BCUT2D eigenvalue weighted by atomic mass is 9.99. The Kier molecular flexibility index (Phi) is 65.5. The van der Waals surface area contributed by atoms with Gasteiger partial charge in [0.15, 0.2) is 12.2 Å². The molecule has 0 heterocycles. The first-order valence-electron chi connectivity index (χ1n) is 39.0. The van der Waals surface area contributed by atoms with Gasteiger partial charge >= 0.3 is 39.5 Å². The first-order valence-corrected chi connectivity index (χ1v) is 42.0. The van der Waals surface area contributed by atoms with Gasteiger partial charge in [-0.1, -0.05) is 337 Å². The molecule has 3 N–H and O–H groups in total. The summed E-state index contributed by atoms with van der Waals surface area (Å²) < 4.78 is 68.5. The number of rotatable bonds is 74. The Labute approximate surface area is 575 Å². The van der Waals surface area contributed by atoms with Crippen LogP contribution in [0.3, 0.4) is 0 Å². The van der Waals surface area contributed by atoms with Crippen LogP contribution in [0.25, 0.3) is 0 Å². The molecule has 0 aliphatic heterocycles. The maximum atomic E-state index is 13.1. The molecule has 0 saturated carbocycles. The number of aliphatic hydroxyl groups is 1. The third-order valence-electron chi connectivity index (χ3n) is 17.8. The van der Waals surface area contributed by atoms with Crippen molar-refractivity contribution in [2.24, 2.45) is 11.8 Å². The van der Waals surface area contributed by atoms with Gasteiger partial charge in [-0.25, -0.2) is 9.13 Å². The summed E-state index contributed by atoms with van der Waals surface area (Å²) in [6.07, 6.45) is 54.0. The van der Waals surface area contributed by atoms with Crippen LogP contribution in [0.4, 0.5) is 0 Å². The average Bonchev–Trinajstić information content (AvgIpc) is 1.82. The van der Waals surface area contributed by atoms with Crippen molar-refractivity contribution in [2.75, 3.05) is 39.6 Å². The van der Waals surface area contributed by atoms with Crippen molar-refractivity contribution in [3.05, 3.63) is 0 Å². The number of phosphoric acid groups is 2. The van der Waals surface area contributed by atoms with Gasteiger partial charge in [0.05, 0.1) is 26.4 Å². The Morgan fingerprint density at radius 3 is 0.809 bits per heavy atom. The molecule has 0 rings (SSSR count). The molecule has 0 radical (unpaired) electrons. The van der Waals surface area contributed by atoms with Gasteiger partial charge in [0.25, 0.3) is 0 Å². The molecule has 0 aromatic heterocycles. The third-order valence-corrected chi connectivity index (χ3v) is 19.7. The van der Waals surface area contributed by atoms with E-state index in [-0.39, 0.29) is 25.7 Å². The van der Waals surface area contributed by atoms with E-state index in [0.717, 1.165) is 102 Å². The molecule has 3 unspecified atom stereocenters. The van der Waals surface area contributed by atoms with Crippen molar-refractivity contribution in [2.45, 2.75) is 407 Å². The van der Waals surface area contributed by atoms with Gasteiger partial charge in [-0.15, -0.1) is 0 Å². The molecule has 6 atom stereocenters. The molecular formula is C75H146O17P2.